The first-order chi connectivity index (χ1) is 6.45. The highest BCUT2D eigenvalue weighted by atomic mass is 16.7. The van der Waals surface area contributed by atoms with E-state index in [2.05, 4.69) is 0 Å². The highest BCUT2D eigenvalue weighted by Gasteiger charge is 2.49. The fraction of sp³-hybridized carbons (Fsp3) is 0.889. The Morgan fingerprint density at radius 1 is 1.36 bits per heavy atom. The van der Waals surface area contributed by atoms with E-state index < -0.39 is 11.3 Å². The molecule has 2 aliphatic rings. The van der Waals surface area contributed by atoms with E-state index in [9.17, 15) is 5.21 Å². The van der Waals surface area contributed by atoms with Crippen molar-refractivity contribution in [3.8, 4) is 0 Å². The minimum atomic E-state index is -0.573. The summed E-state index contributed by atoms with van der Waals surface area (Å²) >= 11 is 0. The lowest BCUT2D eigenvalue weighted by Crippen LogP contribution is -2.57. The average Bonchev–Trinajstić information content (AvgIpc) is 2.40. The predicted octanol–water partition coefficient (Wildman–Crippen LogP) is 0.970. The number of ether oxygens (including phenoxy) is 2. The van der Waals surface area contributed by atoms with Crippen molar-refractivity contribution >= 4 is 5.84 Å². The molecule has 2 N–H and O–H groups in total. The summed E-state index contributed by atoms with van der Waals surface area (Å²) in [5, 5.41) is 18.2. The van der Waals surface area contributed by atoms with Gasteiger partial charge in [0.2, 0.25) is 0 Å². The molecule has 1 spiro atoms. The molecule has 0 saturated carbocycles. The average molecular weight is 200 g/mol. The van der Waals surface area contributed by atoms with Crippen molar-refractivity contribution < 1.29 is 14.7 Å². The maximum atomic E-state index is 9.69. The molecule has 0 bridgehead atoms. The Bertz CT molecular complexity index is 255. The normalized spacial score (nSPS) is 29.9. The molecule has 2 heterocycles. The van der Waals surface area contributed by atoms with E-state index in [1.807, 2.05) is 13.8 Å². The van der Waals surface area contributed by atoms with Crippen molar-refractivity contribution in [2.24, 2.45) is 0 Å². The Morgan fingerprint density at radius 2 is 1.93 bits per heavy atom. The molecule has 0 aromatic heterocycles. The van der Waals surface area contributed by atoms with E-state index >= 15 is 0 Å². The van der Waals surface area contributed by atoms with Gasteiger partial charge in [0, 0.05) is 6.42 Å². The van der Waals surface area contributed by atoms with E-state index in [0.717, 1.165) is 11.5 Å². The Hall–Kier alpha value is -0.650. The van der Waals surface area contributed by atoms with Gasteiger partial charge in [-0.1, -0.05) is 0 Å². The van der Waals surface area contributed by atoms with Crippen LogP contribution in [0, 0.1) is 5.41 Å². The standard InChI is InChI=1S/C9H16N2O3/c1-8(2)13-5-9(6-14-8)4-3-7(10)11(9)12/h10,12H,3-6H2,1-2H3. The summed E-state index contributed by atoms with van der Waals surface area (Å²) in [5.74, 6) is -0.325. The van der Waals surface area contributed by atoms with Gasteiger partial charge in [-0.05, 0) is 20.3 Å². The van der Waals surface area contributed by atoms with E-state index in [1.165, 1.54) is 0 Å². The third kappa shape index (κ3) is 1.41. The molecule has 2 fully saturated rings. The fourth-order valence-electron chi connectivity index (χ4n) is 1.82. The predicted molar refractivity (Wildman–Crippen MR) is 49.3 cm³/mol. The molecule has 2 rings (SSSR count). The van der Waals surface area contributed by atoms with Crippen molar-refractivity contribution in [3.63, 3.8) is 0 Å². The van der Waals surface area contributed by atoms with Gasteiger partial charge in [0.1, 0.15) is 11.4 Å². The SMILES string of the molecule is CC1(C)OCC2(CCC(=N)N2O)CO1. The zero-order valence-electron chi connectivity index (χ0n) is 8.54. The Balaban J connectivity index is 2.10. The van der Waals surface area contributed by atoms with Crippen LogP contribution in [0.4, 0.5) is 0 Å². The van der Waals surface area contributed by atoms with Gasteiger partial charge >= 0.3 is 0 Å². The smallest absolute Gasteiger partial charge is 0.162 e. The minimum absolute atomic E-state index is 0.247. The van der Waals surface area contributed by atoms with Gasteiger partial charge in [0.15, 0.2) is 5.79 Å². The van der Waals surface area contributed by atoms with E-state index in [0.29, 0.717) is 19.6 Å². The number of hydrogen-bond donors (Lipinski definition) is 2. The Morgan fingerprint density at radius 3 is 2.36 bits per heavy atom. The molecule has 2 aliphatic heterocycles. The largest absolute Gasteiger partial charge is 0.348 e. The monoisotopic (exact) mass is 200 g/mol. The van der Waals surface area contributed by atoms with Crippen LogP contribution in [0.25, 0.3) is 0 Å². The zero-order valence-corrected chi connectivity index (χ0v) is 8.54. The van der Waals surface area contributed by atoms with Gasteiger partial charge < -0.3 is 9.47 Å². The maximum Gasteiger partial charge on any atom is 0.162 e. The number of rotatable bonds is 0. The fourth-order valence-corrected chi connectivity index (χ4v) is 1.82. The Labute approximate surface area is 83.1 Å². The summed E-state index contributed by atoms with van der Waals surface area (Å²) in [6.07, 6.45) is 1.31. The maximum absolute atomic E-state index is 9.69. The van der Waals surface area contributed by atoms with Gasteiger partial charge in [0.05, 0.1) is 13.2 Å². The zero-order chi connectivity index (χ0) is 10.4. The van der Waals surface area contributed by atoms with Crippen LogP contribution < -0.4 is 0 Å². The minimum Gasteiger partial charge on any atom is -0.348 e. The molecule has 14 heavy (non-hydrogen) atoms. The summed E-state index contributed by atoms with van der Waals surface area (Å²) in [6, 6.07) is 0. The highest BCUT2D eigenvalue weighted by Crippen LogP contribution is 2.35. The van der Waals surface area contributed by atoms with E-state index in [4.69, 9.17) is 14.9 Å². The topological polar surface area (TPSA) is 65.8 Å². The Kier molecular flexibility index (Phi) is 2.06. The number of amidine groups is 1. The molecular weight excluding hydrogens is 184 g/mol. The molecule has 5 nitrogen and oxygen atoms in total. The van der Waals surface area contributed by atoms with Crippen LogP contribution in [0.15, 0.2) is 0 Å². The van der Waals surface area contributed by atoms with Crippen molar-refractivity contribution in [1.82, 2.24) is 5.06 Å². The molecular formula is C9H16N2O3. The first-order valence-corrected chi connectivity index (χ1v) is 4.80. The molecule has 80 valence electrons. The second kappa shape index (κ2) is 2.92. The lowest BCUT2D eigenvalue weighted by atomic mass is 9.98. The van der Waals surface area contributed by atoms with Crippen molar-refractivity contribution in [1.29, 1.82) is 5.41 Å². The number of hydroxylamine groups is 2. The van der Waals surface area contributed by atoms with Crippen molar-refractivity contribution in [3.05, 3.63) is 0 Å². The van der Waals surface area contributed by atoms with Crippen molar-refractivity contribution in [2.45, 2.75) is 38.0 Å². The molecule has 0 radical (unpaired) electrons. The second-order valence-corrected chi connectivity index (χ2v) is 4.46. The molecule has 0 amide bonds. The summed E-state index contributed by atoms with van der Waals surface area (Å²) in [6.45, 7) is 4.53. The molecule has 5 heteroatoms. The molecule has 0 aliphatic carbocycles. The first-order valence-electron chi connectivity index (χ1n) is 4.80. The lowest BCUT2D eigenvalue weighted by Gasteiger charge is -2.43. The summed E-state index contributed by atoms with van der Waals surface area (Å²) in [7, 11) is 0. The van der Waals surface area contributed by atoms with Crippen LogP contribution in [0.1, 0.15) is 26.7 Å². The number of hydrogen-bond acceptors (Lipinski definition) is 4. The summed E-state index contributed by atoms with van der Waals surface area (Å²) in [5.41, 5.74) is -0.521. The third-order valence-electron chi connectivity index (χ3n) is 2.91. The summed E-state index contributed by atoms with van der Waals surface area (Å²) in [4.78, 5) is 0. The molecule has 0 aromatic carbocycles. The molecule has 0 atom stereocenters. The van der Waals surface area contributed by atoms with Gasteiger partial charge in [-0.25, -0.2) is 5.06 Å². The van der Waals surface area contributed by atoms with Gasteiger partial charge in [-0.15, -0.1) is 0 Å². The quantitative estimate of drug-likeness (QED) is 0.611. The van der Waals surface area contributed by atoms with Crippen LogP contribution in [0.5, 0.6) is 0 Å². The van der Waals surface area contributed by atoms with Gasteiger partial charge in [0.25, 0.3) is 0 Å². The summed E-state index contributed by atoms with van der Waals surface area (Å²) < 4.78 is 11.0. The van der Waals surface area contributed by atoms with Gasteiger partial charge in [-0.3, -0.25) is 10.6 Å². The molecule has 2 saturated heterocycles. The lowest BCUT2D eigenvalue weighted by molar-refractivity contribution is -0.303. The van der Waals surface area contributed by atoms with Crippen LogP contribution in [-0.2, 0) is 9.47 Å². The van der Waals surface area contributed by atoms with Crippen molar-refractivity contribution in [2.75, 3.05) is 13.2 Å². The van der Waals surface area contributed by atoms with Gasteiger partial charge in [-0.2, -0.15) is 0 Å². The second-order valence-electron chi connectivity index (χ2n) is 4.46. The van der Waals surface area contributed by atoms with E-state index in [1.54, 1.807) is 0 Å². The first kappa shape index (κ1) is 9.89. The highest BCUT2D eigenvalue weighted by molar-refractivity contribution is 5.81. The molecule has 0 aromatic rings. The number of nitrogens with one attached hydrogen (secondary N) is 1. The van der Waals surface area contributed by atoms with Crippen LogP contribution in [0.2, 0.25) is 0 Å². The molecule has 0 unspecified atom stereocenters. The third-order valence-corrected chi connectivity index (χ3v) is 2.91. The van der Waals surface area contributed by atoms with E-state index in [-0.39, 0.29) is 5.84 Å². The number of nitrogens with zero attached hydrogens (tertiary/aromatic N) is 1. The van der Waals surface area contributed by atoms with Crippen LogP contribution in [0.3, 0.4) is 0 Å². The van der Waals surface area contributed by atoms with Crippen LogP contribution in [-0.4, -0.2) is 40.6 Å². The van der Waals surface area contributed by atoms with Crippen LogP contribution >= 0.6 is 0 Å².